The third kappa shape index (κ3) is 2.95. The Morgan fingerprint density at radius 2 is 2.10 bits per heavy atom. The van der Waals surface area contributed by atoms with Crippen molar-refractivity contribution in [2.75, 3.05) is 6.54 Å². The standard InChI is InChI=1S/C17H21NO3/c1-11(2)9-18(12-7-8-12)10-15-16(17(19)20)13-5-3-4-6-14(13)21-15/h3-6,11-12H,7-10H2,1-2H3,(H,19,20). The zero-order valence-electron chi connectivity index (χ0n) is 12.5. The number of aromatic carboxylic acids is 1. The molecule has 0 spiro atoms. The quantitative estimate of drug-likeness (QED) is 0.879. The first-order valence-corrected chi connectivity index (χ1v) is 7.54. The second kappa shape index (κ2) is 5.53. The molecule has 0 amide bonds. The van der Waals surface area contributed by atoms with Crippen LogP contribution in [0.15, 0.2) is 28.7 Å². The van der Waals surface area contributed by atoms with Crippen molar-refractivity contribution < 1.29 is 14.3 Å². The van der Waals surface area contributed by atoms with Crippen LogP contribution >= 0.6 is 0 Å². The van der Waals surface area contributed by atoms with Crippen LogP contribution in [-0.2, 0) is 6.54 Å². The van der Waals surface area contributed by atoms with E-state index in [2.05, 4.69) is 18.7 Å². The Bertz CT molecular complexity index is 655. The molecule has 112 valence electrons. The molecule has 1 N–H and O–H groups in total. The maximum atomic E-state index is 11.6. The number of hydrogen-bond donors (Lipinski definition) is 1. The van der Waals surface area contributed by atoms with Crippen molar-refractivity contribution in [3.8, 4) is 0 Å². The Labute approximate surface area is 124 Å². The summed E-state index contributed by atoms with van der Waals surface area (Å²) in [6.45, 7) is 5.93. The van der Waals surface area contributed by atoms with Crippen LogP contribution in [0.1, 0.15) is 42.8 Å². The fourth-order valence-electron chi connectivity index (χ4n) is 2.88. The van der Waals surface area contributed by atoms with Gasteiger partial charge in [0.2, 0.25) is 0 Å². The Hall–Kier alpha value is -1.81. The number of carboxylic acids is 1. The Balaban J connectivity index is 1.95. The summed E-state index contributed by atoms with van der Waals surface area (Å²) in [5, 5.41) is 10.2. The fourth-order valence-corrected chi connectivity index (χ4v) is 2.88. The lowest BCUT2D eigenvalue weighted by Gasteiger charge is -2.23. The van der Waals surface area contributed by atoms with E-state index in [1.54, 1.807) is 0 Å². The van der Waals surface area contributed by atoms with Gasteiger partial charge in [0, 0.05) is 18.0 Å². The van der Waals surface area contributed by atoms with Crippen molar-refractivity contribution in [2.24, 2.45) is 5.92 Å². The van der Waals surface area contributed by atoms with Crippen molar-refractivity contribution in [3.05, 3.63) is 35.6 Å². The number of nitrogens with zero attached hydrogens (tertiary/aromatic N) is 1. The largest absolute Gasteiger partial charge is 0.478 e. The predicted octanol–water partition coefficient (Wildman–Crippen LogP) is 3.75. The molecule has 4 nitrogen and oxygen atoms in total. The number of hydrogen-bond acceptors (Lipinski definition) is 3. The second-order valence-electron chi connectivity index (χ2n) is 6.26. The molecule has 0 radical (unpaired) electrons. The van der Waals surface area contributed by atoms with Crippen LogP contribution in [0.25, 0.3) is 11.0 Å². The van der Waals surface area contributed by atoms with E-state index in [-0.39, 0.29) is 0 Å². The minimum absolute atomic E-state index is 0.319. The van der Waals surface area contributed by atoms with E-state index < -0.39 is 5.97 Å². The van der Waals surface area contributed by atoms with Gasteiger partial charge in [-0.25, -0.2) is 4.79 Å². The summed E-state index contributed by atoms with van der Waals surface area (Å²) in [5.41, 5.74) is 0.977. The molecule has 0 unspecified atom stereocenters. The topological polar surface area (TPSA) is 53.7 Å². The smallest absolute Gasteiger partial charge is 0.339 e. The molecular formula is C17H21NO3. The maximum Gasteiger partial charge on any atom is 0.339 e. The van der Waals surface area contributed by atoms with Gasteiger partial charge in [0.1, 0.15) is 16.9 Å². The average Bonchev–Trinajstić information content (AvgIpc) is 3.18. The number of para-hydroxylation sites is 1. The molecule has 1 aliphatic carbocycles. The van der Waals surface area contributed by atoms with Gasteiger partial charge in [-0.1, -0.05) is 32.0 Å². The molecule has 0 bridgehead atoms. The van der Waals surface area contributed by atoms with Gasteiger partial charge in [-0.15, -0.1) is 0 Å². The lowest BCUT2D eigenvalue weighted by atomic mass is 10.1. The number of carbonyl (C=O) groups is 1. The molecule has 1 heterocycles. The summed E-state index contributed by atoms with van der Waals surface area (Å²) < 4.78 is 5.83. The SMILES string of the molecule is CC(C)CN(Cc1oc2ccccc2c1C(=O)O)C1CC1. The molecule has 1 aliphatic rings. The molecule has 21 heavy (non-hydrogen) atoms. The number of furan rings is 1. The van der Waals surface area contributed by atoms with E-state index in [1.165, 1.54) is 12.8 Å². The van der Waals surface area contributed by atoms with Gasteiger partial charge < -0.3 is 9.52 Å². The van der Waals surface area contributed by atoms with Crippen molar-refractivity contribution >= 4 is 16.9 Å². The molecule has 0 atom stereocenters. The second-order valence-corrected chi connectivity index (χ2v) is 6.26. The number of rotatable bonds is 6. The molecule has 2 aromatic rings. The van der Waals surface area contributed by atoms with Gasteiger partial charge in [0.05, 0.1) is 6.54 Å². The van der Waals surface area contributed by atoms with E-state index in [9.17, 15) is 9.90 Å². The first-order chi connectivity index (χ1) is 10.1. The first kappa shape index (κ1) is 14.1. The summed E-state index contributed by atoms with van der Waals surface area (Å²) in [5.74, 6) is 0.231. The summed E-state index contributed by atoms with van der Waals surface area (Å²) in [6.07, 6.45) is 2.41. The van der Waals surface area contributed by atoms with Crippen LogP contribution < -0.4 is 0 Å². The summed E-state index contributed by atoms with van der Waals surface area (Å²) >= 11 is 0. The fraction of sp³-hybridized carbons (Fsp3) is 0.471. The van der Waals surface area contributed by atoms with Crippen LogP contribution in [0.4, 0.5) is 0 Å². The van der Waals surface area contributed by atoms with Gasteiger partial charge in [-0.3, -0.25) is 4.90 Å². The Morgan fingerprint density at radius 1 is 1.38 bits per heavy atom. The van der Waals surface area contributed by atoms with E-state index in [0.717, 1.165) is 6.54 Å². The van der Waals surface area contributed by atoms with Crippen molar-refractivity contribution in [1.29, 1.82) is 0 Å². The zero-order chi connectivity index (χ0) is 15.0. The third-order valence-corrected chi connectivity index (χ3v) is 3.89. The van der Waals surface area contributed by atoms with E-state index in [1.807, 2.05) is 24.3 Å². The zero-order valence-corrected chi connectivity index (χ0v) is 12.5. The highest BCUT2D eigenvalue weighted by Crippen LogP contribution is 2.32. The highest BCUT2D eigenvalue weighted by atomic mass is 16.4. The van der Waals surface area contributed by atoms with Crippen molar-refractivity contribution in [1.82, 2.24) is 4.90 Å². The molecular weight excluding hydrogens is 266 g/mol. The molecule has 1 aromatic carbocycles. The Kier molecular flexibility index (Phi) is 3.72. The maximum absolute atomic E-state index is 11.6. The molecule has 1 fully saturated rings. The van der Waals surface area contributed by atoms with Crippen molar-refractivity contribution in [3.63, 3.8) is 0 Å². The van der Waals surface area contributed by atoms with Crippen molar-refractivity contribution in [2.45, 2.75) is 39.3 Å². The van der Waals surface area contributed by atoms with Gasteiger partial charge in [-0.05, 0) is 24.8 Å². The lowest BCUT2D eigenvalue weighted by Crippen LogP contribution is -2.29. The summed E-state index contributed by atoms with van der Waals surface area (Å²) in [7, 11) is 0. The van der Waals surface area contributed by atoms with E-state index in [4.69, 9.17) is 4.42 Å². The molecule has 3 rings (SSSR count). The van der Waals surface area contributed by atoms with Gasteiger partial charge >= 0.3 is 5.97 Å². The lowest BCUT2D eigenvalue weighted by molar-refractivity contribution is 0.0694. The molecule has 1 saturated carbocycles. The van der Waals surface area contributed by atoms with E-state index in [0.29, 0.717) is 40.8 Å². The van der Waals surface area contributed by atoms with Crippen LogP contribution in [0.3, 0.4) is 0 Å². The minimum atomic E-state index is -0.907. The minimum Gasteiger partial charge on any atom is -0.478 e. The molecule has 1 aromatic heterocycles. The van der Waals surface area contributed by atoms with E-state index >= 15 is 0 Å². The van der Waals surface area contributed by atoms with Gasteiger partial charge in [-0.2, -0.15) is 0 Å². The monoisotopic (exact) mass is 287 g/mol. The summed E-state index contributed by atoms with van der Waals surface area (Å²) in [6, 6.07) is 7.95. The highest BCUT2D eigenvalue weighted by Gasteiger charge is 2.31. The normalized spacial score (nSPS) is 15.2. The first-order valence-electron chi connectivity index (χ1n) is 7.54. The predicted molar refractivity (Wildman–Crippen MR) is 81.4 cm³/mol. The number of fused-ring (bicyclic) bond motifs is 1. The highest BCUT2D eigenvalue weighted by molar-refractivity contribution is 6.03. The Morgan fingerprint density at radius 3 is 2.71 bits per heavy atom. The van der Waals surface area contributed by atoms with Crippen LogP contribution in [0.5, 0.6) is 0 Å². The van der Waals surface area contributed by atoms with Crippen LogP contribution in [-0.4, -0.2) is 28.6 Å². The molecule has 0 saturated heterocycles. The number of benzene rings is 1. The summed E-state index contributed by atoms with van der Waals surface area (Å²) in [4.78, 5) is 14.0. The third-order valence-electron chi connectivity index (χ3n) is 3.89. The average molecular weight is 287 g/mol. The molecule has 0 aliphatic heterocycles. The van der Waals surface area contributed by atoms with Crippen LogP contribution in [0.2, 0.25) is 0 Å². The van der Waals surface area contributed by atoms with Gasteiger partial charge in [0.25, 0.3) is 0 Å². The van der Waals surface area contributed by atoms with Gasteiger partial charge in [0.15, 0.2) is 0 Å². The molecule has 4 heteroatoms. The van der Waals surface area contributed by atoms with Crippen LogP contribution in [0, 0.1) is 5.92 Å². The number of carboxylic acid groups (broad SMARTS) is 1.